The molecule has 2 rings (SSSR count). The number of hydrogen-bond acceptors (Lipinski definition) is 4. The Hall–Kier alpha value is -2.21. The lowest BCUT2D eigenvalue weighted by atomic mass is 10.1. The molecule has 1 aromatic rings. The molecule has 0 bridgehead atoms. The molecule has 6 nitrogen and oxygen atoms in total. The van der Waals surface area contributed by atoms with E-state index in [2.05, 4.69) is 5.32 Å². The Kier molecular flexibility index (Phi) is 3.62. The number of fused-ring (bicyclic) bond motifs is 1. The average molecular weight is 261 g/mol. The van der Waals surface area contributed by atoms with Crippen LogP contribution in [0.5, 0.6) is 0 Å². The maximum absolute atomic E-state index is 11.8. The van der Waals surface area contributed by atoms with E-state index in [9.17, 15) is 14.4 Å². The maximum atomic E-state index is 11.8. The fraction of sp³-hybridized carbons (Fsp3) is 0.308. The van der Waals surface area contributed by atoms with Gasteiger partial charge in [-0.1, -0.05) is 0 Å². The second-order valence-corrected chi connectivity index (χ2v) is 4.37. The number of benzene rings is 1. The third kappa shape index (κ3) is 2.48. The van der Waals surface area contributed by atoms with E-state index in [0.29, 0.717) is 36.2 Å². The number of imide groups is 1. The van der Waals surface area contributed by atoms with Crippen molar-refractivity contribution in [1.29, 1.82) is 0 Å². The highest BCUT2D eigenvalue weighted by Gasteiger charge is 2.32. The summed E-state index contributed by atoms with van der Waals surface area (Å²) in [6, 6.07) is 4.69. The molecule has 0 aromatic heterocycles. The Morgan fingerprint density at radius 3 is 2.63 bits per heavy atom. The summed E-state index contributed by atoms with van der Waals surface area (Å²) in [6.07, 6.45) is 0.942. The third-order valence-corrected chi connectivity index (χ3v) is 2.98. The number of amides is 3. The van der Waals surface area contributed by atoms with Crippen molar-refractivity contribution in [2.24, 2.45) is 5.73 Å². The van der Waals surface area contributed by atoms with Gasteiger partial charge in [-0.2, -0.15) is 0 Å². The Balaban J connectivity index is 2.17. The van der Waals surface area contributed by atoms with Crippen LogP contribution in [0.15, 0.2) is 18.2 Å². The smallest absolute Gasteiger partial charge is 0.261 e. The van der Waals surface area contributed by atoms with Gasteiger partial charge in [-0.25, -0.2) is 0 Å². The molecule has 0 atom stereocenters. The average Bonchev–Trinajstić information content (AvgIpc) is 2.61. The maximum Gasteiger partial charge on any atom is 0.261 e. The van der Waals surface area contributed by atoms with Crippen LogP contribution in [0.1, 0.15) is 33.6 Å². The Labute approximate surface area is 110 Å². The number of carbonyl (C=O) groups excluding carboxylic acids is 3. The van der Waals surface area contributed by atoms with Crippen molar-refractivity contribution >= 4 is 23.4 Å². The largest absolute Gasteiger partial charge is 0.330 e. The standard InChI is InChI=1S/C13H15N3O3/c1-16-12(18)9-5-4-8(7-10(9)13(16)19)15-11(17)3-2-6-14/h4-5,7H,2-3,6,14H2,1H3,(H,15,17). The first-order chi connectivity index (χ1) is 9.04. The first-order valence-electron chi connectivity index (χ1n) is 6.01. The molecule has 0 saturated heterocycles. The van der Waals surface area contributed by atoms with E-state index in [1.54, 1.807) is 12.1 Å². The van der Waals surface area contributed by atoms with E-state index >= 15 is 0 Å². The Morgan fingerprint density at radius 1 is 1.26 bits per heavy atom. The highest BCUT2D eigenvalue weighted by molar-refractivity contribution is 6.21. The summed E-state index contributed by atoms with van der Waals surface area (Å²) in [5.41, 5.74) is 6.53. The van der Waals surface area contributed by atoms with Gasteiger partial charge in [-0.3, -0.25) is 19.3 Å². The van der Waals surface area contributed by atoms with Gasteiger partial charge in [0.2, 0.25) is 5.91 Å². The zero-order valence-electron chi connectivity index (χ0n) is 10.6. The summed E-state index contributed by atoms with van der Waals surface area (Å²) in [4.78, 5) is 36.1. The monoisotopic (exact) mass is 261 g/mol. The van der Waals surface area contributed by atoms with Gasteiger partial charge in [0, 0.05) is 19.2 Å². The predicted molar refractivity (Wildman–Crippen MR) is 69.8 cm³/mol. The normalized spacial score (nSPS) is 13.7. The van der Waals surface area contributed by atoms with Gasteiger partial charge in [0.25, 0.3) is 11.8 Å². The molecule has 100 valence electrons. The van der Waals surface area contributed by atoms with Crippen LogP contribution < -0.4 is 11.1 Å². The van der Waals surface area contributed by atoms with E-state index in [1.165, 1.54) is 13.1 Å². The van der Waals surface area contributed by atoms with Crippen LogP contribution in [-0.2, 0) is 4.79 Å². The lowest BCUT2D eigenvalue weighted by molar-refractivity contribution is -0.116. The van der Waals surface area contributed by atoms with Crippen molar-refractivity contribution in [3.8, 4) is 0 Å². The molecule has 1 aromatic carbocycles. The number of nitrogens with zero attached hydrogens (tertiary/aromatic N) is 1. The molecule has 0 radical (unpaired) electrons. The van der Waals surface area contributed by atoms with E-state index in [4.69, 9.17) is 5.73 Å². The summed E-state index contributed by atoms with van der Waals surface area (Å²) in [5.74, 6) is -0.824. The zero-order chi connectivity index (χ0) is 14.0. The van der Waals surface area contributed by atoms with Crippen molar-refractivity contribution in [3.63, 3.8) is 0 Å². The van der Waals surface area contributed by atoms with Crippen LogP contribution in [0, 0.1) is 0 Å². The Bertz CT molecular complexity index is 554. The highest BCUT2D eigenvalue weighted by atomic mass is 16.2. The molecular weight excluding hydrogens is 246 g/mol. The van der Waals surface area contributed by atoms with Crippen molar-refractivity contribution in [2.45, 2.75) is 12.8 Å². The summed E-state index contributed by atoms with van der Waals surface area (Å²) in [5, 5.41) is 2.68. The number of rotatable bonds is 4. The van der Waals surface area contributed by atoms with Crippen LogP contribution in [0.4, 0.5) is 5.69 Å². The molecule has 1 aliphatic rings. The zero-order valence-corrected chi connectivity index (χ0v) is 10.6. The molecule has 0 aliphatic carbocycles. The topological polar surface area (TPSA) is 92.5 Å². The molecule has 0 spiro atoms. The number of carbonyl (C=O) groups is 3. The fourth-order valence-corrected chi connectivity index (χ4v) is 1.93. The van der Waals surface area contributed by atoms with Crippen molar-refractivity contribution in [3.05, 3.63) is 29.3 Å². The molecule has 19 heavy (non-hydrogen) atoms. The number of nitrogens with one attached hydrogen (secondary N) is 1. The van der Waals surface area contributed by atoms with E-state index in [0.717, 1.165) is 4.90 Å². The molecule has 6 heteroatoms. The van der Waals surface area contributed by atoms with E-state index in [-0.39, 0.29) is 17.7 Å². The van der Waals surface area contributed by atoms with Crippen LogP contribution in [0.2, 0.25) is 0 Å². The molecule has 0 fully saturated rings. The minimum Gasteiger partial charge on any atom is -0.330 e. The fourth-order valence-electron chi connectivity index (χ4n) is 1.93. The van der Waals surface area contributed by atoms with Crippen LogP contribution in [0.25, 0.3) is 0 Å². The summed E-state index contributed by atoms with van der Waals surface area (Å²) >= 11 is 0. The molecule has 1 aliphatic heterocycles. The van der Waals surface area contributed by atoms with Crippen LogP contribution in [0.3, 0.4) is 0 Å². The van der Waals surface area contributed by atoms with Gasteiger partial charge in [-0.15, -0.1) is 0 Å². The van der Waals surface area contributed by atoms with Crippen molar-refractivity contribution in [2.75, 3.05) is 18.9 Å². The number of nitrogens with two attached hydrogens (primary N) is 1. The highest BCUT2D eigenvalue weighted by Crippen LogP contribution is 2.24. The minimum absolute atomic E-state index is 0.157. The summed E-state index contributed by atoms with van der Waals surface area (Å²) in [7, 11) is 1.43. The van der Waals surface area contributed by atoms with Crippen molar-refractivity contribution < 1.29 is 14.4 Å². The van der Waals surface area contributed by atoms with Gasteiger partial charge < -0.3 is 11.1 Å². The second kappa shape index (κ2) is 5.19. The van der Waals surface area contributed by atoms with Gasteiger partial charge in [0.1, 0.15) is 0 Å². The molecular formula is C13H15N3O3. The lowest BCUT2D eigenvalue weighted by Crippen LogP contribution is -2.24. The van der Waals surface area contributed by atoms with Crippen LogP contribution >= 0.6 is 0 Å². The molecule has 1 heterocycles. The lowest BCUT2D eigenvalue weighted by Gasteiger charge is -2.05. The SMILES string of the molecule is CN1C(=O)c2ccc(NC(=O)CCCN)cc2C1=O. The molecule has 3 N–H and O–H groups in total. The van der Waals surface area contributed by atoms with Gasteiger partial charge in [0.15, 0.2) is 0 Å². The quantitative estimate of drug-likeness (QED) is 0.776. The number of hydrogen-bond donors (Lipinski definition) is 2. The molecule has 0 unspecified atom stereocenters. The van der Waals surface area contributed by atoms with Gasteiger partial charge >= 0.3 is 0 Å². The molecule has 0 saturated carbocycles. The van der Waals surface area contributed by atoms with Gasteiger partial charge in [-0.05, 0) is 31.2 Å². The second-order valence-electron chi connectivity index (χ2n) is 4.37. The van der Waals surface area contributed by atoms with Gasteiger partial charge in [0.05, 0.1) is 11.1 Å². The first-order valence-corrected chi connectivity index (χ1v) is 6.01. The summed E-state index contributed by atoms with van der Waals surface area (Å²) in [6.45, 7) is 0.454. The predicted octanol–water partition coefficient (Wildman–Crippen LogP) is 0.590. The van der Waals surface area contributed by atoms with Crippen LogP contribution in [-0.4, -0.2) is 36.2 Å². The first kappa shape index (κ1) is 13.2. The minimum atomic E-state index is -0.349. The number of anilines is 1. The summed E-state index contributed by atoms with van der Waals surface area (Å²) < 4.78 is 0. The Morgan fingerprint density at radius 2 is 1.95 bits per heavy atom. The van der Waals surface area contributed by atoms with Crippen molar-refractivity contribution in [1.82, 2.24) is 4.90 Å². The van der Waals surface area contributed by atoms with E-state index in [1.807, 2.05) is 0 Å². The van der Waals surface area contributed by atoms with E-state index < -0.39 is 0 Å². The third-order valence-electron chi connectivity index (χ3n) is 2.98. The molecule has 3 amide bonds.